The number of methoxy groups -OCH3 is 2. The van der Waals surface area contributed by atoms with Gasteiger partial charge < -0.3 is 29.3 Å². The van der Waals surface area contributed by atoms with Crippen molar-refractivity contribution in [1.29, 1.82) is 0 Å². The number of hydrogen-bond donors (Lipinski definition) is 1. The highest BCUT2D eigenvalue weighted by Gasteiger charge is 2.28. The van der Waals surface area contributed by atoms with Gasteiger partial charge in [-0.15, -0.1) is 0 Å². The zero-order valence-corrected chi connectivity index (χ0v) is 24.1. The van der Waals surface area contributed by atoms with Gasteiger partial charge in [-0.3, -0.25) is 4.90 Å². The van der Waals surface area contributed by atoms with Crippen molar-refractivity contribution < 1.29 is 23.0 Å². The van der Waals surface area contributed by atoms with Crippen molar-refractivity contribution in [3.8, 4) is 17.2 Å². The van der Waals surface area contributed by atoms with Gasteiger partial charge in [0.05, 0.1) is 37.9 Å². The number of hydrogen-bond acceptors (Lipinski definition) is 9. The van der Waals surface area contributed by atoms with Crippen molar-refractivity contribution in [2.75, 3.05) is 70.8 Å². The second-order valence-corrected chi connectivity index (χ2v) is 10.6. The number of likely N-dealkylation sites (N-methyl/N-ethyl adjacent to an activating group) is 1. The van der Waals surface area contributed by atoms with Gasteiger partial charge in [0.25, 0.3) is 0 Å². The molecule has 41 heavy (non-hydrogen) atoms. The summed E-state index contributed by atoms with van der Waals surface area (Å²) in [6, 6.07) is 7.94. The normalized spacial score (nSPS) is 17.0. The van der Waals surface area contributed by atoms with Crippen LogP contribution in [-0.4, -0.2) is 86.3 Å². The van der Waals surface area contributed by atoms with Crippen LogP contribution in [0.2, 0.25) is 0 Å². The Bertz CT molecular complexity index is 1330. The van der Waals surface area contributed by atoms with Crippen LogP contribution in [0.1, 0.15) is 24.0 Å². The Morgan fingerprint density at radius 2 is 1.59 bits per heavy atom. The highest BCUT2D eigenvalue weighted by atomic mass is 19.1. The van der Waals surface area contributed by atoms with Crippen LogP contribution in [-0.2, 0) is 6.61 Å². The maximum atomic E-state index is 14.5. The highest BCUT2D eigenvalue weighted by Crippen LogP contribution is 2.34. The first-order valence-electron chi connectivity index (χ1n) is 13.9. The molecule has 0 atom stereocenters. The van der Waals surface area contributed by atoms with Crippen molar-refractivity contribution in [1.82, 2.24) is 19.8 Å². The van der Waals surface area contributed by atoms with E-state index in [0.717, 1.165) is 69.2 Å². The summed E-state index contributed by atoms with van der Waals surface area (Å²) in [6.07, 6.45) is 5.19. The van der Waals surface area contributed by atoms with Gasteiger partial charge >= 0.3 is 0 Å². The number of ether oxygens (including phenoxy) is 3. The third-order valence-corrected chi connectivity index (χ3v) is 7.97. The van der Waals surface area contributed by atoms with Gasteiger partial charge in [-0.1, -0.05) is 0 Å². The number of benzene rings is 2. The predicted molar refractivity (Wildman–Crippen MR) is 155 cm³/mol. The molecule has 1 N–H and O–H groups in total. The molecule has 0 amide bonds. The molecular weight excluding hydrogens is 530 g/mol. The lowest BCUT2D eigenvalue weighted by Gasteiger charge is -2.42. The van der Waals surface area contributed by atoms with E-state index in [9.17, 15) is 8.78 Å². The Hall–Kier alpha value is -3.70. The fraction of sp³-hybridized carbons (Fsp3) is 0.467. The van der Waals surface area contributed by atoms with Crippen LogP contribution in [0, 0.1) is 18.6 Å². The molecule has 0 aliphatic carbocycles. The summed E-state index contributed by atoms with van der Waals surface area (Å²) in [4.78, 5) is 16.0. The van der Waals surface area contributed by atoms with E-state index >= 15 is 0 Å². The fourth-order valence-electron chi connectivity index (χ4n) is 5.50. The van der Waals surface area contributed by atoms with Crippen molar-refractivity contribution in [3.05, 3.63) is 59.4 Å². The molecule has 0 radical (unpaired) electrons. The molecule has 3 aromatic rings. The van der Waals surface area contributed by atoms with E-state index in [4.69, 9.17) is 14.2 Å². The second kappa shape index (κ2) is 12.9. The summed E-state index contributed by atoms with van der Waals surface area (Å²) >= 11 is 0. The summed E-state index contributed by atoms with van der Waals surface area (Å²) < 4.78 is 45.3. The van der Waals surface area contributed by atoms with E-state index < -0.39 is 11.6 Å². The van der Waals surface area contributed by atoms with E-state index in [1.807, 2.05) is 12.1 Å². The molecule has 0 spiro atoms. The SMILES string of the molecule is COc1cc(Nc2ncc(OCc3c(F)c(C)cc(OC)c3F)cn2)ccc1N1CCC(N2CCN(C)CC2)CC1. The van der Waals surface area contributed by atoms with E-state index in [2.05, 4.69) is 43.1 Å². The minimum Gasteiger partial charge on any atom is -0.495 e. The quantitative estimate of drug-likeness (QED) is 0.398. The monoisotopic (exact) mass is 568 g/mol. The van der Waals surface area contributed by atoms with Gasteiger partial charge in [0.15, 0.2) is 17.3 Å². The molecule has 220 valence electrons. The fourth-order valence-corrected chi connectivity index (χ4v) is 5.50. The van der Waals surface area contributed by atoms with Gasteiger partial charge in [0, 0.05) is 57.1 Å². The molecule has 0 unspecified atom stereocenters. The predicted octanol–water partition coefficient (Wildman–Crippen LogP) is 4.62. The highest BCUT2D eigenvalue weighted by molar-refractivity contribution is 5.67. The summed E-state index contributed by atoms with van der Waals surface area (Å²) in [7, 11) is 5.21. The number of anilines is 3. The van der Waals surface area contributed by atoms with E-state index in [1.165, 1.54) is 25.6 Å². The molecule has 2 saturated heterocycles. The van der Waals surface area contributed by atoms with Crippen LogP contribution < -0.4 is 24.4 Å². The summed E-state index contributed by atoms with van der Waals surface area (Å²) in [5.41, 5.74) is 1.92. The number of piperazine rings is 1. The number of piperidine rings is 1. The Balaban J connectivity index is 1.18. The maximum absolute atomic E-state index is 14.5. The van der Waals surface area contributed by atoms with Crippen LogP contribution in [0.25, 0.3) is 0 Å². The molecule has 2 fully saturated rings. The molecule has 2 aliphatic rings. The number of nitrogens with one attached hydrogen (secondary N) is 1. The molecule has 9 nitrogen and oxygen atoms in total. The number of aromatic nitrogens is 2. The van der Waals surface area contributed by atoms with Crippen LogP contribution in [0.4, 0.5) is 26.1 Å². The number of halogens is 2. The third kappa shape index (κ3) is 6.62. The maximum Gasteiger partial charge on any atom is 0.227 e. The molecule has 11 heteroatoms. The molecule has 2 aliphatic heterocycles. The summed E-state index contributed by atoms with van der Waals surface area (Å²) in [6.45, 7) is 7.80. The van der Waals surface area contributed by atoms with Crippen molar-refractivity contribution in [2.24, 2.45) is 0 Å². The van der Waals surface area contributed by atoms with Crippen molar-refractivity contribution in [3.63, 3.8) is 0 Å². The van der Waals surface area contributed by atoms with E-state index in [0.29, 0.717) is 12.0 Å². The first-order chi connectivity index (χ1) is 19.9. The largest absolute Gasteiger partial charge is 0.495 e. The Morgan fingerprint density at radius 1 is 0.902 bits per heavy atom. The van der Waals surface area contributed by atoms with Crippen LogP contribution in [0.5, 0.6) is 17.2 Å². The standard InChI is InChI=1S/C30H38F2N6O3/c1-20-15-27(40-4)29(32)24(28(20)31)19-41-23-17-33-30(34-18-23)35-21-5-6-25(26(16-21)39-3)38-9-7-22(8-10-38)37-13-11-36(2)12-14-37/h5-6,15-18,22H,7-14,19H2,1-4H3,(H,33,34,35). The third-order valence-electron chi connectivity index (χ3n) is 7.97. The van der Waals surface area contributed by atoms with Gasteiger partial charge in [-0.25, -0.2) is 18.7 Å². The molecule has 0 bridgehead atoms. The number of nitrogens with zero attached hydrogens (tertiary/aromatic N) is 5. The van der Waals surface area contributed by atoms with Crippen LogP contribution in [0.15, 0.2) is 36.7 Å². The molecule has 1 aromatic heterocycles. The van der Waals surface area contributed by atoms with E-state index in [1.54, 1.807) is 14.0 Å². The molecule has 2 aromatic carbocycles. The molecule has 0 saturated carbocycles. The topological polar surface area (TPSA) is 75.2 Å². The van der Waals surface area contributed by atoms with Gasteiger partial charge in [-0.05, 0) is 50.6 Å². The second-order valence-electron chi connectivity index (χ2n) is 10.6. The number of rotatable bonds is 9. The van der Waals surface area contributed by atoms with Gasteiger partial charge in [-0.2, -0.15) is 0 Å². The van der Waals surface area contributed by atoms with Gasteiger partial charge in [0.1, 0.15) is 18.2 Å². The number of aryl methyl sites for hydroxylation is 1. The zero-order valence-electron chi connectivity index (χ0n) is 24.1. The van der Waals surface area contributed by atoms with Crippen molar-refractivity contribution in [2.45, 2.75) is 32.4 Å². The van der Waals surface area contributed by atoms with Gasteiger partial charge in [0.2, 0.25) is 5.95 Å². The summed E-state index contributed by atoms with van der Waals surface area (Å²) in [5, 5.41) is 3.18. The first-order valence-corrected chi connectivity index (χ1v) is 13.9. The molecular formula is C30H38F2N6O3. The Labute approximate surface area is 240 Å². The Morgan fingerprint density at radius 3 is 2.24 bits per heavy atom. The average molecular weight is 569 g/mol. The molecule has 3 heterocycles. The minimum atomic E-state index is -0.786. The smallest absolute Gasteiger partial charge is 0.227 e. The lowest BCUT2D eigenvalue weighted by atomic mass is 10.0. The zero-order chi connectivity index (χ0) is 28.9. The molecule has 5 rings (SSSR count). The lowest BCUT2D eigenvalue weighted by molar-refractivity contribution is 0.0981. The minimum absolute atomic E-state index is 0.0325. The Kier molecular flexibility index (Phi) is 9.04. The summed E-state index contributed by atoms with van der Waals surface area (Å²) in [5.74, 6) is -0.0659. The first kappa shape index (κ1) is 28.8. The lowest BCUT2D eigenvalue weighted by Crippen LogP contribution is -2.52. The van der Waals surface area contributed by atoms with Crippen molar-refractivity contribution >= 4 is 17.3 Å². The van der Waals surface area contributed by atoms with Crippen LogP contribution >= 0.6 is 0 Å². The average Bonchev–Trinajstić information content (AvgIpc) is 3.00. The van der Waals surface area contributed by atoms with Crippen LogP contribution in [0.3, 0.4) is 0 Å². The van der Waals surface area contributed by atoms with E-state index in [-0.39, 0.29) is 29.2 Å².